The van der Waals surface area contributed by atoms with Gasteiger partial charge in [0.15, 0.2) is 0 Å². The highest BCUT2D eigenvalue weighted by Crippen LogP contribution is 2.34. The maximum absolute atomic E-state index is 14.2. The van der Waals surface area contributed by atoms with E-state index in [9.17, 15) is 8.42 Å². The van der Waals surface area contributed by atoms with Gasteiger partial charge in [0.1, 0.15) is 11.6 Å². The van der Waals surface area contributed by atoms with E-state index in [1.807, 2.05) is 29.8 Å². The zero-order chi connectivity index (χ0) is 31.0. The number of hydrogen-bond acceptors (Lipinski definition) is 9. The molecule has 0 saturated carbocycles. The van der Waals surface area contributed by atoms with E-state index in [1.165, 1.54) is 7.11 Å². The molecular weight excluding hydrogens is 570 g/mol. The Labute approximate surface area is 253 Å². The van der Waals surface area contributed by atoms with Crippen LogP contribution in [0.3, 0.4) is 0 Å². The molecule has 3 aromatic heterocycles. The summed E-state index contributed by atoms with van der Waals surface area (Å²) in [6.07, 6.45) is 4.66. The van der Waals surface area contributed by atoms with Crippen molar-refractivity contribution in [1.29, 1.82) is 0 Å². The summed E-state index contributed by atoms with van der Waals surface area (Å²) in [4.78, 5) is 4.57. The predicted molar refractivity (Wildman–Crippen MR) is 163 cm³/mol. The second-order valence-electron chi connectivity index (χ2n) is 10.3. The number of methoxy groups -OCH3 is 2. The first-order valence-corrected chi connectivity index (χ1v) is 15.8. The summed E-state index contributed by atoms with van der Waals surface area (Å²) in [5.41, 5.74) is 6.04. The second-order valence-corrected chi connectivity index (χ2v) is 12.1. The van der Waals surface area contributed by atoms with Gasteiger partial charge in [-0.15, -0.1) is 0 Å². The highest BCUT2D eigenvalue weighted by Gasteiger charge is 2.33. The lowest BCUT2D eigenvalue weighted by molar-refractivity contribution is 0.134. The van der Waals surface area contributed by atoms with Gasteiger partial charge < -0.3 is 18.7 Å². The molecular formula is C31H41N5O6S. The third kappa shape index (κ3) is 7.32. The van der Waals surface area contributed by atoms with Gasteiger partial charge in [-0.25, -0.2) is 12.7 Å². The monoisotopic (exact) mass is 611 g/mol. The molecule has 0 aliphatic rings. The number of benzene rings is 1. The van der Waals surface area contributed by atoms with Gasteiger partial charge in [-0.05, 0) is 62.9 Å². The van der Waals surface area contributed by atoms with Gasteiger partial charge in [0, 0.05) is 43.8 Å². The Morgan fingerprint density at radius 3 is 2.53 bits per heavy atom. The minimum atomic E-state index is -4.17. The smallest absolute Gasteiger partial charge is 0.270 e. The average molecular weight is 612 g/mol. The van der Waals surface area contributed by atoms with E-state index >= 15 is 0 Å². The first-order chi connectivity index (χ1) is 20.7. The Hall–Kier alpha value is -3.58. The molecule has 0 atom stereocenters. The summed E-state index contributed by atoms with van der Waals surface area (Å²) in [7, 11) is -1.08. The molecule has 0 spiro atoms. The molecule has 3 heterocycles. The lowest BCUT2D eigenvalue weighted by atomic mass is 10.0. The van der Waals surface area contributed by atoms with Crippen molar-refractivity contribution in [3.63, 3.8) is 0 Å². The highest BCUT2D eigenvalue weighted by atomic mass is 32.2. The van der Waals surface area contributed by atoms with E-state index in [1.54, 1.807) is 39.3 Å². The first-order valence-electron chi connectivity index (χ1n) is 14.4. The van der Waals surface area contributed by atoms with Gasteiger partial charge in [-0.3, -0.25) is 9.67 Å². The Kier molecular flexibility index (Phi) is 11.1. The summed E-state index contributed by atoms with van der Waals surface area (Å²) in [6.45, 7) is 9.14. The summed E-state index contributed by atoms with van der Waals surface area (Å²) >= 11 is 0. The van der Waals surface area contributed by atoms with Gasteiger partial charge in [0.25, 0.3) is 10.0 Å². The van der Waals surface area contributed by atoms with Crippen LogP contribution in [0.25, 0.3) is 11.3 Å². The van der Waals surface area contributed by atoms with Gasteiger partial charge >= 0.3 is 0 Å². The molecule has 1 aromatic carbocycles. The second kappa shape index (κ2) is 14.7. The minimum absolute atomic E-state index is 0.0177. The van der Waals surface area contributed by atoms with E-state index < -0.39 is 10.0 Å². The fraction of sp³-hybridized carbons (Fsp3) is 0.452. The number of ether oxygens (including phenoxy) is 3. The average Bonchev–Trinajstić information content (AvgIpc) is 3.54. The number of aromatic nitrogens is 4. The number of hydrogen-bond donors (Lipinski definition) is 0. The fourth-order valence-corrected chi connectivity index (χ4v) is 6.35. The lowest BCUT2D eigenvalue weighted by Gasteiger charge is -2.23. The Bertz CT molecular complexity index is 1610. The molecule has 0 aliphatic carbocycles. The van der Waals surface area contributed by atoms with Crippen LogP contribution < -0.4 is 4.31 Å². The summed E-state index contributed by atoms with van der Waals surface area (Å²) < 4.78 is 53.3. The van der Waals surface area contributed by atoms with E-state index in [4.69, 9.17) is 23.8 Å². The van der Waals surface area contributed by atoms with Crippen LogP contribution in [0, 0.1) is 13.8 Å². The molecule has 12 heteroatoms. The fourth-order valence-electron chi connectivity index (χ4n) is 4.82. The molecule has 232 valence electrons. The van der Waals surface area contributed by atoms with Crippen LogP contribution in [0.15, 0.2) is 52.0 Å². The number of unbranched alkanes of at least 4 members (excludes halogenated alkanes) is 1. The Morgan fingerprint density at radius 2 is 1.86 bits per heavy atom. The summed E-state index contributed by atoms with van der Waals surface area (Å²) in [6, 6.07) is 11.2. The minimum Gasteiger partial charge on any atom is -0.378 e. The maximum atomic E-state index is 14.2. The number of anilines is 1. The molecule has 0 amide bonds. The van der Waals surface area contributed by atoms with E-state index in [2.05, 4.69) is 23.1 Å². The zero-order valence-electron chi connectivity index (χ0n) is 25.8. The molecule has 43 heavy (non-hydrogen) atoms. The van der Waals surface area contributed by atoms with Gasteiger partial charge in [-0.1, -0.05) is 36.7 Å². The van der Waals surface area contributed by atoms with Crippen molar-refractivity contribution in [1.82, 2.24) is 19.9 Å². The Balaban J connectivity index is 1.77. The van der Waals surface area contributed by atoms with E-state index in [-0.39, 0.29) is 24.1 Å². The quantitative estimate of drug-likeness (QED) is 0.153. The maximum Gasteiger partial charge on any atom is 0.270 e. The predicted octanol–water partition coefficient (Wildman–Crippen LogP) is 5.42. The molecule has 0 radical (unpaired) electrons. The van der Waals surface area contributed by atoms with Crippen molar-refractivity contribution in [3.8, 4) is 11.3 Å². The van der Waals surface area contributed by atoms with Crippen molar-refractivity contribution in [2.24, 2.45) is 0 Å². The molecule has 0 unspecified atom stereocenters. The van der Waals surface area contributed by atoms with Crippen LogP contribution in [-0.4, -0.2) is 55.9 Å². The zero-order valence-corrected chi connectivity index (χ0v) is 26.6. The third-order valence-electron chi connectivity index (χ3n) is 7.16. The van der Waals surface area contributed by atoms with Gasteiger partial charge in [-0.2, -0.15) is 5.10 Å². The van der Waals surface area contributed by atoms with Gasteiger partial charge in [0.05, 0.1) is 36.8 Å². The Morgan fingerprint density at radius 1 is 1.05 bits per heavy atom. The highest BCUT2D eigenvalue weighted by molar-refractivity contribution is 7.93. The largest absolute Gasteiger partial charge is 0.378 e. The molecule has 4 aromatic rings. The number of nitrogens with zero attached hydrogens (tertiary/aromatic N) is 5. The first kappa shape index (κ1) is 32.3. The van der Waals surface area contributed by atoms with Crippen LogP contribution >= 0.6 is 0 Å². The molecule has 0 fully saturated rings. The number of rotatable bonds is 16. The summed E-state index contributed by atoms with van der Waals surface area (Å²) in [5, 5.41) is 8.73. The van der Waals surface area contributed by atoms with Crippen molar-refractivity contribution < 1.29 is 27.2 Å². The van der Waals surface area contributed by atoms with Gasteiger partial charge in [0.2, 0.25) is 5.88 Å². The lowest BCUT2D eigenvalue weighted by Crippen LogP contribution is -2.33. The number of pyridine rings is 1. The van der Waals surface area contributed by atoms with Crippen molar-refractivity contribution in [2.45, 2.75) is 71.6 Å². The van der Waals surface area contributed by atoms with Crippen LogP contribution in [0.4, 0.5) is 5.88 Å². The van der Waals surface area contributed by atoms with Crippen LogP contribution in [-0.2, 0) is 50.4 Å². The molecule has 0 saturated heterocycles. The molecule has 0 N–H and O–H groups in total. The van der Waals surface area contributed by atoms with Crippen LogP contribution in [0.2, 0.25) is 0 Å². The van der Waals surface area contributed by atoms with Crippen molar-refractivity contribution in [2.75, 3.05) is 31.9 Å². The third-order valence-corrected chi connectivity index (χ3v) is 8.89. The van der Waals surface area contributed by atoms with E-state index in [0.29, 0.717) is 42.3 Å². The van der Waals surface area contributed by atoms with Crippen molar-refractivity contribution >= 4 is 15.9 Å². The molecule has 11 nitrogen and oxygen atoms in total. The normalized spacial score (nSPS) is 11.8. The SMILES string of the molecule is CCCCc1cc(COC)nn1Cc1ccc(-c2ncccc2S(=O)(=O)N(COC)c2onc(C)c2C)c(COCC)c1. The summed E-state index contributed by atoms with van der Waals surface area (Å²) in [5.74, 6) is 0.102. The number of sulfonamides is 1. The topological polar surface area (TPSA) is 122 Å². The molecule has 0 aliphatic heterocycles. The number of aryl methyl sites for hydroxylation is 2. The molecule has 4 rings (SSSR count). The van der Waals surface area contributed by atoms with Crippen LogP contribution in [0.1, 0.15) is 60.5 Å². The van der Waals surface area contributed by atoms with Crippen LogP contribution in [0.5, 0.6) is 0 Å². The van der Waals surface area contributed by atoms with Crippen molar-refractivity contribution in [3.05, 3.63) is 76.4 Å². The molecule has 0 bridgehead atoms. The van der Waals surface area contributed by atoms with E-state index in [0.717, 1.165) is 46.1 Å². The standard InChI is InChI=1S/C31H41N5O6S/c1-7-9-11-27-17-26(20-39-5)33-35(27)18-24-13-14-28(25(16-24)19-41-8-2)30-29(12-10-15-32-30)43(37,38)36(21-40-6)31-22(3)23(4)34-42-31/h10,12-17H,7-9,11,18-21H2,1-6H3.